The van der Waals surface area contributed by atoms with Crippen LogP contribution in [-0.4, -0.2) is 72.3 Å². The van der Waals surface area contributed by atoms with Crippen LogP contribution in [0.25, 0.3) is 0 Å². The number of pyridine rings is 1. The number of amides is 1. The molecule has 6 heteroatoms. The van der Waals surface area contributed by atoms with Crippen LogP contribution in [0.2, 0.25) is 0 Å². The van der Waals surface area contributed by atoms with Crippen molar-refractivity contribution >= 4 is 5.91 Å². The molecular formula is C22H27N3O3. The third-order valence-electron chi connectivity index (χ3n) is 5.38. The number of carbonyl (C=O) groups excluding carboxylic acids is 1. The molecular weight excluding hydrogens is 354 g/mol. The standard InChI is InChI=1S/C22H27N3O3/c26-21(14-19-4-2-1-3-5-19)25-11-12-27-18-22(17-25)16-24(10-13-28-22)15-20-6-8-23-9-7-20/h1-9H,10-18H2/t22-/m1/s1. The molecule has 2 saturated heterocycles. The van der Waals surface area contributed by atoms with E-state index >= 15 is 0 Å². The fourth-order valence-corrected chi connectivity index (χ4v) is 3.99. The molecule has 0 aliphatic carbocycles. The average Bonchev–Trinajstić information content (AvgIpc) is 2.92. The van der Waals surface area contributed by atoms with E-state index in [1.807, 2.05) is 59.8 Å². The fraction of sp³-hybridized carbons (Fsp3) is 0.455. The Kier molecular flexibility index (Phi) is 6.00. The largest absolute Gasteiger partial charge is 0.376 e. The molecule has 2 aliphatic heterocycles. The normalized spacial score (nSPS) is 23.5. The van der Waals surface area contributed by atoms with E-state index in [9.17, 15) is 4.79 Å². The molecule has 0 bridgehead atoms. The number of ether oxygens (including phenoxy) is 2. The quantitative estimate of drug-likeness (QED) is 0.808. The van der Waals surface area contributed by atoms with Crippen molar-refractivity contribution in [1.29, 1.82) is 0 Å². The smallest absolute Gasteiger partial charge is 0.227 e. The van der Waals surface area contributed by atoms with Crippen molar-refractivity contribution < 1.29 is 14.3 Å². The van der Waals surface area contributed by atoms with E-state index in [2.05, 4.69) is 9.88 Å². The highest BCUT2D eigenvalue weighted by Gasteiger charge is 2.41. The van der Waals surface area contributed by atoms with E-state index in [0.29, 0.717) is 39.3 Å². The van der Waals surface area contributed by atoms with Gasteiger partial charge in [-0.25, -0.2) is 0 Å². The molecule has 28 heavy (non-hydrogen) atoms. The SMILES string of the molecule is O=C(Cc1ccccc1)N1CCOC[C@@]2(CN(Cc3ccncc3)CCO2)C1. The molecule has 2 aromatic rings. The van der Waals surface area contributed by atoms with E-state index in [1.54, 1.807) is 0 Å². The summed E-state index contributed by atoms with van der Waals surface area (Å²) in [5.41, 5.74) is 1.81. The average molecular weight is 381 g/mol. The molecule has 4 rings (SSSR count). The molecule has 0 N–H and O–H groups in total. The number of benzene rings is 1. The van der Waals surface area contributed by atoms with Gasteiger partial charge >= 0.3 is 0 Å². The van der Waals surface area contributed by atoms with Gasteiger partial charge in [-0.2, -0.15) is 0 Å². The van der Waals surface area contributed by atoms with Crippen LogP contribution in [0.5, 0.6) is 0 Å². The molecule has 1 aromatic heterocycles. The van der Waals surface area contributed by atoms with Crippen molar-refractivity contribution in [3.8, 4) is 0 Å². The first-order chi connectivity index (χ1) is 13.7. The van der Waals surface area contributed by atoms with Gasteiger partial charge in [0.15, 0.2) is 0 Å². The summed E-state index contributed by atoms with van der Waals surface area (Å²) in [6, 6.07) is 14.0. The van der Waals surface area contributed by atoms with Crippen molar-refractivity contribution in [2.75, 3.05) is 46.0 Å². The number of hydrogen-bond donors (Lipinski definition) is 0. The first-order valence-corrected chi connectivity index (χ1v) is 9.87. The molecule has 148 valence electrons. The summed E-state index contributed by atoms with van der Waals surface area (Å²) in [5.74, 6) is 0.130. The Hall–Kier alpha value is -2.28. The van der Waals surface area contributed by atoms with Crippen molar-refractivity contribution in [3.63, 3.8) is 0 Å². The van der Waals surface area contributed by atoms with Gasteiger partial charge in [0.2, 0.25) is 5.91 Å². The number of hydrogen-bond acceptors (Lipinski definition) is 5. The Balaban J connectivity index is 1.43. The second-order valence-electron chi connectivity index (χ2n) is 7.63. The van der Waals surface area contributed by atoms with Crippen LogP contribution in [0, 0.1) is 0 Å². The molecule has 6 nitrogen and oxygen atoms in total. The summed E-state index contributed by atoms with van der Waals surface area (Å²) in [7, 11) is 0. The van der Waals surface area contributed by atoms with Gasteiger partial charge in [-0.05, 0) is 23.3 Å². The van der Waals surface area contributed by atoms with Gasteiger partial charge in [-0.1, -0.05) is 30.3 Å². The Bertz CT molecular complexity index is 771. The molecule has 2 fully saturated rings. The predicted octanol–water partition coefficient (Wildman–Crippen LogP) is 1.75. The second-order valence-corrected chi connectivity index (χ2v) is 7.63. The topological polar surface area (TPSA) is 54.9 Å². The van der Waals surface area contributed by atoms with Gasteiger partial charge in [0.05, 0.1) is 32.8 Å². The van der Waals surface area contributed by atoms with Gasteiger partial charge in [-0.3, -0.25) is 14.7 Å². The van der Waals surface area contributed by atoms with Crippen LogP contribution < -0.4 is 0 Å². The van der Waals surface area contributed by atoms with Crippen LogP contribution in [0.1, 0.15) is 11.1 Å². The molecule has 1 atom stereocenters. The highest BCUT2D eigenvalue weighted by Crippen LogP contribution is 2.24. The van der Waals surface area contributed by atoms with Gasteiger partial charge in [0, 0.05) is 38.6 Å². The molecule has 1 spiro atoms. The first-order valence-electron chi connectivity index (χ1n) is 9.87. The first kappa shape index (κ1) is 19.1. The van der Waals surface area contributed by atoms with Crippen molar-refractivity contribution in [2.45, 2.75) is 18.6 Å². The van der Waals surface area contributed by atoms with E-state index < -0.39 is 5.60 Å². The number of carbonyl (C=O) groups is 1. The number of morpholine rings is 1. The van der Waals surface area contributed by atoms with Crippen molar-refractivity contribution in [3.05, 3.63) is 66.0 Å². The van der Waals surface area contributed by atoms with Crippen LogP contribution in [0.4, 0.5) is 0 Å². The van der Waals surface area contributed by atoms with Gasteiger partial charge < -0.3 is 14.4 Å². The zero-order valence-electron chi connectivity index (χ0n) is 16.1. The van der Waals surface area contributed by atoms with E-state index in [0.717, 1.165) is 25.2 Å². The molecule has 0 saturated carbocycles. The lowest BCUT2D eigenvalue weighted by Gasteiger charge is -2.43. The predicted molar refractivity (Wildman–Crippen MR) is 106 cm³/mol. The summed E-state index contributed by atoms with van der Waals surface area (Å²) in [4.78, 5) is 21.3. The summed E-state index contributed by atoms with van der Waals surface area (Å²) in [5, 5.41) is 0. The molecule has 1 aromatic carbocycles. The summed E-state index contributed by atoms with van der Waals surface area (Å²) in [6.45, 7) is 5.39. The highest BCUT2D eigenvalue weighted by atomic mass is 16.5. The molecule has 0 radical (unpaired) electrons. The Morgan fingerprint density at radius 2 is 1.82 bits per heavy atom. The number of rotatable bonds is 4. The maximum atomic E-state index is 12.9. The monoisotopic (exact) mass is 381 g/mol. The molecule has 2 aliphatic rings. The van der Waals surface area contributed by atoms with Crippen LogP contribution in [0.3, 0.4) is 0 Å². The second kappa shape index (κ2) is 8.82. The van der Waals surface area contributed by atoms with Crippen molar-refractivity contribution in [2.24, 2.45) is 0 Å². The number of nitrogens with zero attached hydrogens (tertiary/aromatic N) is 3. The summed E-state index contributed by atoms with van der Waals surface area (Å²) in [6.07, 6.45) is 4.06. The Labute approximate surface area is 166 Å². The summed E-state index contributed by atoms with van der Waals surface area (Å²) >= 11 is 0. The number of aromatic nitrogens is 1. The highest BCUT2D eigenvalue weighted by molar-refractivity contribution is 5.78. The Morgan fingerprint density at radius 3 is 2.64 bits per heavy atom. The van der Waals surface area contributed by atoms with Crippen LogP contribution in [-0.2, 0) is 27.2 Å². The minimum Gasteiger partial charge on any atom is -0.376 e. The third kappa shape index (κ3) is 4.76. The van der Waals surface area contributed by atoms with Crippen molar-refractivity contribution in [1.82, 2.24) is 14.8 Å². The van der Waals surface area contributed by atoms with E-state index in [1.165, 1.54) is 5.56 Å². The fourth-order valence-electron chi connectivity index (χ4n) is 3.99. The van der Waals surface area contributed by atoms with Gasteiger partial charge in [-0.15, -0.1) is 0 Å². The van der Waals surface area contributed by atoms with Gasteiger partial charge in [0.25, 0.3) is 0 Å². The third-order valence-corrected chi connectivity index (χ3v) is 5.38. The lowest BCUT2D eigenvalue weighted by molar-refractivity contribution is -0.152. The molecule has 1 amide bonds. The summed E-state index contributed by atoms with van der Waals surface area (Å²) < 4.78 is 12.1. The minimum atomic E-state index is -0.464. The zero-order chi connectivity index (χ0) is 19.2. The van der Waals surface area contributed by atoms with E-state index in [4.69, 9.17) is 9.47 Å². The maximum Gasteiger partial charge on any atom is 0.227 e. The minimum absolute atomic E-state index is 0.130. The zero-order valence-corrected chi connectivity index (χ0v) is 16.1. The molecule has 0 unspecified atom stereocenters. The van der Waals surface area contributed by atoms with E-state index in [-0.39, 0.29) is 5.91 Å². The van der Waals surface area contributed by atoms with Crippen LogP contribution >= 0.6 is 0 Å². The Morgan fingerprint density at radius 1 is 1.00 bits per heavy atom. The maximum absolute atomic E-state index is 12.9. The molecule has 3 heterocycles. The van der Waals surface area contributed by atoms with Gasteiger partial charge in [0.1, 0.15) is 5.60 Å². The lowest BCUT2D eigenvalue weighted by atomic mass is 10.0. The van der Waals surface area contributed by atoms with Crippen LogP contribution in [0.15, 0.2) is 54.9 Å². The lowest BCUT2D eigenvalue weighted by Crippen LogP contribution is -2.59.